The molecule has 0 aliphatic heterocycles. The van der Waals surface area contributed by atoms with Gasteiger partial charge in [0.15, 0.2) is 0 Å². The van der Waals surface area contributed by atoms with E-state index in [1.54, 1.807) is 25.6 Å². The van der Waals surface area contributed by atoms with Crippen molar-refractivity contribution in [2.75, 3.05) is 25.6 Å². The third-order valence-electron chi connectivity index (χ3n) is 2.39. The van der Waals surface area contributed by atoms with Gasteiger partial charge in [-0.2, -0.15) is 0 Å². The maximum absolute atomic E-state index is 12.2. The summed E-state index contributed by atoms with van der Waals surface area (Å²) < 4.78 is 5.08. The summed E-state index contributed by atoms with van der Waals surface area (Å²) >= 11 is 0. The van der Waals surface area contributed by atoms with Crippen molar-refractivity contribution in [2.24, 2.45) is 0 Å². The molecule has 5 heteroatoms. The van der Waals surface area contributed by atoms with E-state index in [9.17, 15) is 4.79 Å². The van der Waals surface area contributed by atoms with Crippen molar-refractivity contribution < 1.29 is 9.53 Å². The highest BCUT2D eigenvalue weighted by atomic mass is 16.5. The first-order chi connectivity index (χ1) is 8.50. The number of methoxy groups -OCH3 is 1. The van der Waals surface area contributed by atoms with Crippen LogP contribution in [-0.4, -0.2) is 36.7 Å². The van der Waals surface area contributed by atoms with Crippen molar-refractivity contribution in [3.05, 3.63) is 24.0 Å². The Labute approximate surface area is 108 Å². The number of hydrogen-bond acceptors (Lipinski definition) is 4. The number of nitrogens with zero attached hydrogens (tertiary/aromatic N) is 1. The first-order valence-electron chi connectivity index (χ1n) is 5.99. The summed E-state index contributed by atoms with van der Waals surface area (Å²) in [5.74, 6) is -0.152. The molecule has 1 amide bonds. The minimum absolute atomic E-state index is 0.152. The quantitative estimate of drug-likeness (QED) is 0.807. The van der Waals surface area contributed by atoms with E-state index in [0.29, 0.717) is 12.2 Å². The summed E-state index contributed by atoms with van der Waals surface area (Å²) in [6.07, 6.45) is 3.23. The Morgan fingerprint density at radius 3 is 2.83 bits per heavy atom. The van der Waals surface area contributed by atoms with Crippen LogP contribution in [0.1, 0.15) is 31.1 Å². The molecule has 1 aromatic rings. The van der Waals surface area contributed by atoms with Crippen LogP contribution in [0.3, 0.4) is 0 Å². The van der Waals surface area contributed by atoms with Gasteiger partial charge in [-0.15, -0.1) is 0 Å². The number of carbonyl (C=O) groups excluding carboxylic acids is 1. The monoisotopic (exact) mass is 251 g/mol. The Morgan fingerprint density at radius 1 is 1.50 bits per heavy atom. The molecule has 2 N–H and O–H groups in total. The lowest BCUT2D eigenvalue weighted by Gasteiger charge is -2.25. The molecule has 5 nitrogen and oxygen atoms in total. The summed E-state index contributed by atoms with van der Waals surface area (Å²) in [5, 5.41) is 6.07. The number of nitrogens with one attached hydrogen (secondary N) is 2. The minimum atomic E-state index is -0.412. The fourth-order valence-electron chi connectivity index (χ4n) is 1.69. The Morgan fingerprint density at radius 2 is 2.22 bits per heavy atom. The van der Waals surface area contributed by atoms with Crippen LogP contribution in [0.5, 0.6) is 0 Å². The molecule has 0 fully saturated rings. The second kappa shape index (κ2) is 6.35. The second-order valence-corrected chi connectivity index (χ2v) is 4.72. The lowest BCUT2D eigenvalue weighted by atomic mass is 10.1. The molecule has 0 bridgehead atoms. The van der Waals surface area contributed by atoms with E-state index in [2.05, 4.69) is 15.6 Å². The van der Waals surface area contributed by atoms with Gasteiger partial charge in [-0.05, 0) is 26.8 Å². The predicted octanol–water partition coefficient (Wildman–Crippen LogP) is 1.67. The SMILES string of the molecule is CCNc1ccncc1C(=O)NC(C)(C)COC. The Balaban J connectivity index is 2.84. The standard InChI is InChI=1S/C13H21N3O2/c1-5-15-11-6-7-14-8-10(11)12(17)16-13(2,3)9-18-4/h6-8H,5,9H2,1-4H3,(H,14,15)(H,16,17). The van der Waals surface area contributed by atoms with Gasteiger partial charge >= 0.3 is 0 Å². The summed E-state index contributed by atoms with van der Waals surface area (Å²) in [6.45, 7) is 7.02. The Hall–Kier alpha value is -1.62. The van der Waals surface area contributed by atoms with Crippen LogP contribution in [0, 0.1) is 0 Å². The van der Waals surface area contributed by atoms with E-state index < -0.39 is 5.54 Å². The molecule has 0 saturated carbocycles. The molecule has 1 rings (SSSR count). The zero-order chi connectivity index (χ0) is 13.6. The van der Waals surface area contributed by atoms with Gasteiger partial charge < -0.3 is 15.4 Å². The number of carbonyl (C=O) groups is 1. The van der Waals surface area contributed by atoms with Crippen LogP contribution in [0.25, 0.3) is 0 Å². The van der Waals surface area contributed by atoms with Crippen LogP contribution >= 0.6 is 0 Å². The van der Waals surface area contributed by atoms with Gasteiger partial charge in [-0.25, -0.2) is 0 Å². The number of anilines is 1. The van der Waals surface area contributed by atoms with Gasteiger partial charge in [0.2, 0.25) is 0 Å². The zero-order valence-corrected chi connectivity index (χ0v) is 11.4. The summed E-state index contributed by atoms with van der Waals surface area (Å²) in [7, 11) is 1.61. The van der Waals surface area contributed by atoms with Crippen LogP contribution in [0.15, 0.2) is 18.5 Å². The molecule has 0 atom stereocenters. The van der Waals surface area contributed by atoms with Crippen molar-refractivity contribution >= 4 is 11.6 Å². The first-order valence-corrected chi connectivity index (χ1v) is 5.99. The normalized spacial score (nSPS) is 11.1. The lowest BCUT2D eigenvalue weighted by Crippen LogP contribution is -2.46. The van der Waals surface area contributed by atoms with Gasteiger partial charge in [-0.3, -0.25) is 9.78 Å². The third kappa shape index (κ3) is 4.00. The molecular weight excluding hydrogens is 230 g/mol. The van der Waals surface area contributed by atoms with E-state index in [4.69, 9.17) is 4.74 Å². The second-order valence-electron chi connectivity index (χ2n) is 4.72. The van der Waals surface area contributed by atoms with Crippen LogP contribution < -0.4 is 10.6 Å². The number of amides is 1. The highest BCUT2D eigenvalue weighted by Gasteiger charge is 2.22. The highest BCUT2D eigenvalue weighted by molar-refractivity contribution is 5.99. The van der Waals surface area contributed by atoms with Crippen LogP contribution in [0.4, 0.5) is 5.69 Å². The molecule has 0 aliphatic rings. The topological polar surface area (TPSA) is 63.2 Å². The predicted molar refractivity (Wildman–Crippen MR) is 71.8 cm³/mol. The minimum Gasteiger partial charge on any atom is -0.385 e. The molecule has 0 unspecified atom stereocenters. The molecule has 0 aromatic carbocycles. The van der Waals surface area contributed by atoms with E-state index >= 15 is 0 Å². The smallest absolute Gasteiger partial charge is 0.255 e. The maximum atomic E-state index is 12.2. The van der Waals surface area contributed by atoms with E-state index in [1.807, 2.05) is 20.8 Å². The molecule has 0 aliphatic carbocycles. The summed E-state index contributed by atoms with van der Waals surface area (Å²) in [5.41, 5.74) is 0.923. The molecule has 100 valence electrons. The van der Waals surface area contributed by atoms with Crippen molar-refractivity contribution in [2.45, 2.75) is 26.3 Å². The van der Waals surface area contributed by atoms with Gasteiger partial charge in [0.25, 0.3) is 5.91 Å². The zero-order valence-electron chi connectivity index (χ0n) is 11.4. The van der Waals surface area contributed by atoms with Crippen LogP contribution in [0.2, 0.25) is 0 Å². The van der Waals surface area contributed by atoms with Gasteiger partial charge in [0.05, 0.1) is 23.4 Å². The number of rotatable bonds is 6. The van der Waals surface area contributed by atoms with Crippen molar-refractivity contribution in [3.63, 3.8) is 0 Å². The summed E-state index contributed by atoms with van der Waals surface area (Å²) in [6, 6.07) is 1.79. The van der Waals surface area contributed by atoms with E-state index in [-0.39, 0.29) is 5.91 Å². The molecule has 1 heterocycles. The largest absolute Gasteiger partial charge is 0.385 e. The fourth-order valence-corrected chi connectivity index (χ4v) is 1.69. The number of aromatic nitrogens is 1. The van der Waals surface area contributed by atoms with Gasteiger partial charge in [-0.1, -0.05) is 0 Å². The maximum Gasteiger partial charge on any atom is 0.255 e. The Kier molecular flexibility index (Phi) is 5.09. The molecule has 18 heavy (non-hydrogen) atoms. The van der Waals surface area contributed by atoms with Crippen molar-refractivity contribution in [1.29, 1.82) is 0 Å². The van der Waals surface area contributed by atoms with E-state index in [0.717, 1.165) is 12.2 Å². The Bertz CT molecular complexity index is 405. The highest BCUT2D eigenvalue weighted by Crippen LogP contribution is 2.14. The van der Waals surface area contributed by atoms with Gasteiger partial charge in [0, 0.05) is 26.0 Å². The summed E-state index contributed by atoms with van der Waals surface area (Å²) in [4.78, 5) is 16.2. The molecule has 1 aromatic heterocycles. The average Bonchev–Trinajstić information content (AvgIpc) is 2.29. The first kappa shape index (κ1) is 14.4. The lowest BCUT2D eigenvalue weighted by molar-refractivity contribution is 0.0820. The number of ether oxygens (including phenoxy) is 1. The molecule has 0 radical (unpaired) electrons. The van der Waals surface area contributed by atoms with Gasteiger partial charge in [0.1, 0.15) is 0 Å². The molecule has 0 spiro atoms. The number of hydrogen-bond donors (Lipinski definition) is 2. The third-order valence-corrected chi connectivity index (χ3v) is 2.39. The number of pyridine rings is 1. The molecular formula is C13H21N3O2. The molecule has 0 saturated heterocycles. The van der Waals surface area contributed by atoms with Crippen molar-refractivity contribution in [1.82, 2.24) is 10.3 Å². The fraction of sp³-hybridized carbons (Fsp3) is 0.538. The van der Waals surface area contributed by atoms with Crippen molar-refractivity contribution in [3.8, 4) is 0 Å². The van der Waals surface area contributed by atoms with Crippen LogP contribution in [-0.2, 0) is 4.74 Å². The average molecular weight is 251 g/mol. The van der Waals surface area contributed by atoms with E-state index in [1.165, 1.54) is 0 Å².